The number of benzene rings is 1. The Morgan fingerprint density at radius 3 is 2.14 bits per heavy atom. The molecule has 4 heteroatoms. The standard InChI is InChI=1S/C10H13N3.ClH/c11-10(12)13-9-5-3-8(4-6-9)7-1-2-7;/h3-7H,1-2H2,(H4,11,12,13);1H. The lowest BCUT2D eigenvalue weighted by atomic mass is 10.1. The molecule has 14 heavy (non-hydrogen) atoms. The van der Waals surface area contributed by atoms with Gasteiger partial charge in [0.15, 0.2) is 5.96 Å². The Morgan fingerprint density at radius 2 is 1.71 bits per heavy atom. The zero-order chi connectivity index (χ0) is 9.26. The predicted octanol–water partition coefficient (Wildman–Crippen LogP) is 1.89. The molecule has 1 aliphatic carbocycles. The summed E-state index contributed by atoms with van der Waals surface area (Å²) in [7, 11) is 0. The third-order valence-electron chi connectivity index (χ3n) is 2.20. The van der Waals surface area contributed by atoms with E-state index in [1.807, 2.05) is 12.1 Å². The van der Waals surface area contributed by atoms with Crippen LogP contribution in [0.5, 0.6) is 0 Å². The lowest BCUT2D eigenvalue weighted by molar-refractivity contribution is 1.13. The van der Waals surface area contributed by atoms with Crippen molar-refractivity contribution in [3.8, 4) is 0 Å². The highest BCUT2D eigenvalue weighted by Crippen LogP contribution is 2.40. The van der Waals surface area contributed by atoms with Crippen LogP contribution in [0.1, 0.15) is 24.3 Å². The smallest absolute Gasteiger partial charge is 0.191 e. The lowest BCUT2D eigenvalue weighted by Crippen LogP contribution is -2.21. The number of rotatable bonds is 2. The molecule has 3 nitrogen and oxygen atoms in total. The van der Waals surface area contributed by atoms with Crippen molar-refractivity contribution in [1.82, 2.24) is 0 Å². The van der Waals surface area contributed by atoms with Gasteiger partial charge in [-0.1, -0.05) is 12.1 Å². The summed E-state index contributed by atoms with van der Waals surface area (Å²) in [6.45, 7) is 0. The molecule has 0 unspecified atom stereocenters. The molecule has 4 N–H and O–H groups in total. The quantitative estimate of drug-likeness (QED) is 0.580. The number of nitrogens with zero attached hydrogens (tertiary/aromatic N) is 1. The van der Waals surface area contributed by atoms with Gasteiger partial charge in [-0.05, 0) is 36.5 Å². The highest BCUT2D eigenvalue weighted by molar-refractivity contribution is 5.85. The van der Waals surface area contributed by atoms with Crippen LogP contribution in [-0.2, 0) is 0 Å². The molecule has 0 heterocycles. The topological polar surface area (TPSA) is 64.4 Å². The van der Waals surface area contributed by atoms with Gasteiger partial charge in [-0.2, -0.15) is 0 Å². The Labute approximate surface area is 89.6 Å². The van der Waals surface area contributed by atoms with E-state index in [1.165, 1.54) is 18.4 Å². The SMILES string of the molecule is Cl.NC(N)=Nc1ccc(C2CC2)cc1. The summed E-state index contributed by atoms with van der Waals surface area (Å²) < 4.78 is 0. The minimum absolute atomic E-state index is 0. The van der Waals surface area contributed by atoms with Gasteiger partial charge in [0.05, 0.1) is 5.69 Å². The van der Waals surface area contributed by atoms with Gasteiger partial charge in [0, 0.05) is 0 Å². The number of guanidine groups is 1. The second-order valence-corrected chi connectivity index (χ2v) is 3.40. The van der Waals surface area contributed by atoms with Crippen LogP contribution in [0.2, 0.25) is 0 Å². The van der Waals surface area contributed by atoms with Gasteiger partial charge in [0.25, 0.3) is 0 Å². The minimum Gasteiger partial charge on any atom is -0.370 e. The summed E-state index contributed by atoms with van der Waals surface area (Å²) in [6.07, 6.45) is 2.64. The summed E-state index contributed by atoms with van der Waals surface area (Å²) in [5.41, 5.74) is 12.7. The van der Waals surface area contributed by atoms with Gasteiger partial charge in [0.2, 0.25) is 0 Å². The maximum Gasteiger partial charge on any atom is 0.191 e. The molecule has 1 aliphatic rings. The van der Waals surface area contributed by atoms with E-state index < -0.39 is 0 Å². The summed E-state index contributed by atoms with van der Waals surface area (Å²) in [5.74, 6) is 0.896. The van der Waals surface area contributed by atoms with Gasteiger partial charge in [-0.25, -0.2) is 4.99 Å². The molecule has 0 aliphatic heterocycles. The van der Waals surface area contributed by atoms with Crippen molar-refractivity contribution < 1.29 is 0 Å². The molecule has 0 amide bonds. The highest BCUT2D eigenvalue weighted by atomic mass is 35.5. The number of halogens is 1. The van der Waals surface area contributed by atoms with E-state index in [1.54, 1.807) is 0 Å². The van der Waals surface area contributed by atoms with E-state index in [4.69, 9.17) is 11.5 Å². The third kappa shape index (κ3) is 2.64. The molecule has 1 aromatic carbocycles. The van der Waals surface area contributed by atoms with Crippen LogP contribution < -0.4 is 11.5 Å². The maximum absolute atomic E-state index is 5.26. The van der Waals surface area contributed by atoms with Crippen molar-refractivity contribution in [3.63, 3.8) is 0 Å². The van der Waals surface area contributed by atoms with Crippen LogP contribution in [-0.4, -0.2) is 5.96 Å². The van der Waals surface area contributed by atoms with Crippen LogP contribution in [0.15, 0.2) is 29.3 Å². The van der Waals surface area contributed by atoms with Gasteiger partial charge >= 0.3 is 0 Å². The van der Waals surface area contributed by atoms with Gasteiger partial charge in [-0.15, -0.1) is 12.4 Å². The van der Waals surface area contributed by atoms with E-state index >= 15 is 0 Å². The molecule has 2 rings (SSSR count). The number of hydrogen-bond donors (Lipinski definition) is 2. The average Bonchev–Trinajstić information content (AvgIpc) is 2.87. The second kappa shape index (κ2) is 4.33. The first kappa shape index (κ1) is 10.9. The monoisotopic (exact) mass is 211 g/mol. The zero-order valence-corrected chi connectivity index (χ0v) is 8.63. The fourth-order valence-corrected chi connectivity index (χ4v) is 1.39. The second-order valence-electron chi connectivity index (χ2n) is 3.40. The van der Waals surface area contributed by atoms with E-state index in [0.717, 1.165) is 11.6 Å². The first-order chi connectivity index (χ1) is 6.25. The Kier molecular flexibility index (Phi) is 3.36. The lowest BCUT2D eigenvalue weighted by Gasteiger charge is -1.98. The molecular weight excluding hydrogens is 198 g/mol. The molecule has 76 valence electrons. The predicted molar refractivity (Wildman–Crippen MR) is 61.1 cm³/mol. The first-order valence-electron chi connectivity index (χ1n) is 4.45. The number of nitrogens with two attached hydrogens (primary N) is 2. The van der Waals surface area contributed by atoms with Gasteiger partial charge < -0.3 is 11.5 Å². The van der Waals surface area contributed by atoms with Crippen molar-refractivity contribution >= 4 is 24.1 Å². The highest BCUT2D eigenvalue weighted by Gasteiger charge is 2.22. The van der Waals surface area contributed by atoms with Crippen molar-refractivity contribution in [1.29, 1.82) is 0 Å². The van der Waals surface area contributed by atoms with E-state index in [9.17, 15) is 0 Å². The molecule has 0 saturated heterocycles. The van der Waals surface area contributed by atoms with Crippen molar-refractivity contribution in [3.05, 3.63) is 29.8 Å². The fourth-order valence-electron chi connectivity index (χ4n) is 1.39. The molecular formula is C10H14ClN3. The fraction of sp³-hybridized carbons (Fsp3) is 0.300. The average molecular weight is 212 g/mol. The Bertz CT molecular complexity index is 324. The molecule has 0 aromatic heterocycles. The zero-order valence-electron chi connectivity index (χ0n) is 7.81. The van der Waals surface area contributed by atoms with E-state index in [-0.39, 0.29) is 18.4 Å². The van der Waals surface area contributed by atoms with Crippen molar-refractivity contribution in [2.24, 2.45) is 16.5 Å². The van der Waals surface area contributed by atoms with Gasteiger partial charge in [-0.3, -0.25) is 0 Å². The van der Waals surface area contributed by atoms with Crippen molar-refractivity contribution in [2.45, 2.75) is 18.8 Å². The molecule has 1 aromatic rings. The van der Waals surface area contributed by atoms with Crippen LogP contribution in [0.4, 0.5) is 5.69 Å². The minimum atomic E-state index is 0. The van der Waals surface area contributed by atoms with Crippen LogP contribution in [0, 0.1) is 0 Å². The Hall–Kier alpha value is -1.22. The number of aliphatic imine (C=N–C) groups is 1. The van der Waals surface area contributed by atoms with Gasteiger partial charge in [0.1, 0.15) is 0 Å². The maximum atomic E-state index is 5.26. The van der Waals surface area contributed by atoms with Crippen LogP contribution in [0.3, 0.4) is 0 Å². The number of hydrogen-bond acceptors (Lipinski definition) is 1. The Balaban J connectivity index is 0.000000980. The first-order valence-corrected chi connectivity index (χ1v) is 4.45. The molecule has 0 atom stereocenters. The largest absolute Gasteiger partial charge is 0.370 e. The molecule has 1 fully saturated rings. The summed E-state index contributed by atoms with van der Waals surface area (Å²) in [6, 6.07) is 8.10. The normalized spacial score (nSPS) is 14.3. The summed E-state index contributed by atoms with van der Waals surface area (Å²) in [5, 5.41) is 0. The third-order valence-corrected chi connectivity index (χ3v) is 2.20. The van der Waals surface area contributed by atoms with Crippen LogP contribution >= 0.6 is 12.4 Å². The van der Waals surface area contributed by atoms with Crippen LogP contribution in [0.25, 0.3) is 0 Å². The molecule has 0 bridgehead atoms. The molecule has 1 saturated carbocycles. The summed E-state index contributed by atoms with van der Waals surface area (Å²) >= 11 is 0. The molecule has 0 spiro atoms. The molecule has 0 radical (unpaired) electrons. The van der Waals surface area contributed by atoms with E-state index in [2.05, 4.69) is 17.1 Å². The van der Waals surface area contributed by atoms with Crippen molar-refractivity contribution in [2.75, 3.05) is 0 Å². The van der Waals surface area contributed by atoms with E-state index in [0.29, 0.717) is 0 Å². The summed E-state index contributed by atoms with van der Waals surface area (Å²) in [4.78, 5) is 3.95. The Morgan fingerprint density at radius 1 is 1.14 bits per heavy atom.